The summed E-state index contributed by atoms with van der Waals surface area (Å²) >= 11 is 0. The SMILES string of the molecule is COCCc1cccc(N(Cc2ccccn2)C(=O)OC(C)(C)C)n1. The first-order chi connectivity index (χ1) is 11.9. The molecule has 134 valence electrons. The molecule has 25 heavy (non-hydrogen) atoms. The van der Waals surface area contributed by atoms with E-state index in [-0.39, 0.29) is 6.54 Å². The summed E-state index contributed by atoms with van der Waals surface area (Å²) in [6.07, 6.45) is 1.93. The lowest BCUT2D eigenvalue weighted by molar-refractivity contribution is 0.0576. The highest BCUT2D eigenvalue weighted by Gasteiger charge is 2.25. The number of amides is 1. The van der Waals surface area contributed by atoms with Gasteiger partial charge in [0.15, 0.2) is 0 Å². The number of aromatic nitrogens is 2. The Bertz CT molecular complexity index is 684. The van der Waals surface area contributed by atoms with E-state index in [0.29, 0.717) is 18.8 Å². The van der Waals surface area contributed by atoms with Crippen molar-refractivity contribution in [2.24, 2.45) is 0 Å². The van der Waals surface area contributed by atoms with Crippen LogP contribution in [0.5, 0.6) is 0 Å². The summed E-state index contributed by atoms with van der Waals surface area (Å²) in [5, 5.41) is 0. The van der Waals surface area contributed by atoms with Crippen molar-refractivity contribution >= 4 is 11.9 Å². The first-order valence-electron chi connectivity index (χ1n) is 8.24. The van der Waals surface area contributed by atoms with Gasteiger partial charge >= 0.3 is 6.09 Å². The van der Waals surface area contributed by atoms with E-state index in [1.54, 1.807) is 19.4 Å². The van der Waals surface area contributed by atoms with E-state index in [4.69, 9.17) is 9.47 Å². The fourth-order valence-electron chi connectivity index (χ4n) is 2.17. The lowest BCUT2D eigenvalue weighted by Crippen LogP contribution is -2.37. The zero-order valence-electron chi connectivity index (χ0n) is 15.2. The molecule has 0 aliphatic heterocycles. The number of pyridine rings is 2. The lowest BCUT2D eigenvalue weighted by atomic mass is 10.2. The number of hydrogen-bond donors (Lipinski definition) is 0. The molecule has 2 aromatic rings. The summed E-state index contributed by atoms with van der Waals surface area (Å²) in [5.74, 6) is 0.536. The van der Waals surface area contributed by atoms with Gasteiger partial charge in [-0.2, -0.15) is 0 Å². The van der Waals surface area contributed by atoms with Crippen molar-refractivity contribution in [3.8, 4) is 0 Å². The Kier molecular flexibility index (Phi) is 6.47. The van der Waals surface area contributed by atoms with Crippen LogP contribution in [-0.2, 0) is 22.4 Å². The van der Waals surface area contributed by atoms with Crippen molar-refractivity contribution in [1.82, 2.24) is 9.97 Å². The summed E-state index contributed by atoms with van der Waals surface area (Å²) in [6, 6.07) is 11.2. The highest BCUT2D eigenvalue weighted by molar-refractivity contribution is 5.86. The third kappa shape index (κ3) is 6.15. The topological polar surface area (TPSA) is 64.5 Å². The van der Waals surface area contributed by atoms with Gasteiger partial charge in [0.2, 0.25) is 0 Å². The smallest absolute Gasteiger partial charge is 0.416 e. The number of hydrogen-bond acceptors (Lipinski definition) is 5. The summed E-state index contributed by atoms with van der Waals surface area (Å²) in [4.78, 5) is 23.1. The maximum absolute atomic E-state index is 12.7. The highest BCUT2D eigenvalue weighted by atomic mass is 16.6. The van der Waals surface area contributed by atoms with E-state index in [0.717, 1.165) is 11.4 Å². The Morgan fingerprint density at radius 3 is 2.52 bits per heavy atom. The molecule has 0 N–H and O–H groups in total. The van der Waals surface area contributed by atoms with Crippen LogP contribution in [0.25, 0.3) is 0 Å². The van der Waals surface area contributed by atoms with Crippen LogP contribution in [0.15, 0.2) is 42.6 Å². The number of ether oxygens (including phenoxy) is 2. The molecule has 1 amide bonds. The second kappa shape index (κ2) is 8.58. The minimum Gasteiger partial charge on any atom is -0.443 e. The number of rotatable bonds is 6. The molecule has 0 spiro atoms. The third-order valence-corrected chi connectivity index (χ3v) is 3.29. The standard InChI is InChI=1S/C19H25N3O3/c1-19(2,3)25-18(23)22(14-16-8-5-6-12-20-16)17-10-7-9-15(21-17)11-13-24-4/h5-10,12H,11,13-14H2,1-4H3. The first kappa shape index (κ1) is 18.9. The molecule has 0 aliphatic carbocycles. The summed E-state index contributed by atoms with van der Waals surface area (Å²) < 4.78 is 10.6. The van der Waals surface area contributed by atoms with Crippen molar-refractivity contribution in [3.63, 3.8) is 0 Å². The maximum Gasteiger partial charge on any atom is 0.416 e. The summed E-state index contributed by atoms with van der Waals surface area (Å²) in [5.41, 5.74) is 1.03. The van der Waals surface area contributed by atoms with Gasteiger partial charge in [-0.15, -0.1) is 0 Å². The fraction of sp³-hybridized carbons (Fsp3) is 0.421. The normalized spacial score (nSPS) is 11.2. The molecule has 0 unspecified atom stereocenters. The molecule has 0 radical (unpaired) electrons. The van der Waals surface area contributed by atoms with E-state index < -0.39 is 11.7 Å². The van der Waals surface area contributed by atoms with Gasteiger partial charge in [-0.05, 0) is 45.0 Å². The number of anilines is 1. The van der Waals surface area contributed by atoms with E-state index in [9.17, 15) is 4.79 Å². The minimum atomic E-state index is -0.590. The summed E-state index contributed by atoms with van der Waals surface area (Å²) in [7, 11) is 1.65. The molecule has 2 rings (SSSR count). The predicted molar refractivity (Wildman–Crippen MR) is 96.5 cm³/mol. The molecule has 0 bridgehead atoms. The second-order valence-electron chi connectivity index (χ2n) is 6.62. The Morgan fingerprint density at radius 2 is 1.88 bits per heavy atom. The van der Waals surface area contributed by atoms with Gasteiger partial charge in [0, 0.05) is 25.4 Å². The van der Waals surface area contributed by atoms with Crippen LogP contribution in [0.1, 0.15) is 32.2 Å². The van der Waals surface area contributed by atoms with Crippen LogP contribution in [0.2, 0.25) is 0 Å². The highest BCUT2D eigenvalue weighted by Crippen LogP contribution is 2.19. The van der Waals surface area contributed by atoms with E-state index in [1.807, 2.05) is 51.1 Å². The zero-order valence-corrected chi connectivity index (χ0v) is 15.2. The molecular weight excluding hydrogens is 318 g/mol. The average Bonchev–Trinajstić information content (AvgIpc) is 2.57. The molecule has 6 heteroatoms. The maximum atomic E-state index is 12.7. The van der Waals surface area contributed by atoms with Gasteiger partial charge in [-0.25, -0.2) is 9.78 Å². The van der Waals surface area contributed by atoms with Crippen molar-refractivity contribution in [3.05, 3.63) is 54.0 Å². The van der Waals surface area contributed by atoms with Gasteiger partial charge < -0.3 is 9.47 Å². The number of carbonyl (C=O) groups excluding carboxylic acids is 1. The Morgan fingerprint density at radius 1 is 1.12 bits per heavy atom. The molecule has 2 aromatic heterocycles. The molecule has 6 nitrogen and oxygen atoms in total. The van der Waals surface area contributed by atoms with Gasteiger partial charge in [-0.3, -0.25) is 9.88 Å². The van der Waals surface area contributed by atoms with E-state index >= 15 is 0 Å². The minimum absolute atomic E-state index is 0.288. The Labute approximate surface area is 148 Å². The molecule has 0 atom stereocenters. The van der Waals surface area contributed by atoms with Crippen LogP contribution < -0.4 is 4.90 Å². The molecule has 0 saturated heterocycles. The monoisotopic (exact) mass is 343 g/mol. The van der Waals surface area contributed by atoms with Crippen LogP contribution >= 0.6 is 0 Å². The van der Waals surface area contributed by atoms with Gasteiger partial charge in [0.05, 0.1) is 18.8 Å². The predicted octanol–water partition coefficient (Wildman–Crippen LogP) is 3.61. The van der Waals surface area contributed by atoms with Crippen LogP contribution in [0, 0.1) is 0 Å². The van der Waals surface area contributed by atoms with Crippen molar-refractivity contribution in [2.45, 2.75) is 39.3 Å². The van der Waals surface area contributed by atoms with Crippen molar-refractivity contribution < 1.29 is 14.3 Å². The zero-order chi connectivity index (χ0) is 18.3. The van der Waals surface area contributed by atoms with Crippen LogP contribution in [0.3, 0.4) is 0 Å². The molecular formula is C19H25N3O3. The van der Waals surface area contributed by atoms with Gasteiger partial charge in [0.25, 0.3) is 0 Å². The van der Waals surface area contributed by atoms with Gasteiger partial charge in [0.1, 0.15) is 11.4 Å². The lowest BCUT2D eigenvalue weighted by Gasteiger charge is -2.26. The molecule has 0 fully saturated rings. The van der Waals surface area contributed by atoms with Crippen molar-refractivity contribution in [2.75, 3.05) is 18.6 Å². The number of nitrogens with zero attached hydrogens (tertiary/aromatic N) is 3. The molecule has 0 aromatic carbocycles. The molecule has 0 saturated carbocycles. The van der Waals surface area contributed by atoms with Crippen LogP contribution in [0.4, 0.5) is 10.6 Å². The number of methoxy groups -OCH3 is 1. The quantitative estimate of drug-likeness (QED) is 0.802. The largest absolute Gasteiger partial charge is 0.443 e. The Hall–Kier alpha value is -2.47. The van der Waals surface area contributed by atoms with Crippen molar-refractivity contribution in [1.29, 1.82) is 0 Å². The summed E-state index contributed by atoms with van der Waals surface area (Å²) in [6.45, 7) is 6.38. The third-order valence-electron chi connectivity index (χ3n) is 3.29. The number of carbonyl (C=O) groups is 1. The molecule has 2 heterocycles. The fourth-order valence-corrected chi connectivity index (χ4v) is 2.17. The Balaban J connectivity index is 2.28. The van der Waals surface area contributed by atoms with Gasteiger partial charge in [-0.1, -0.05) is 12.1 Å². The van der Waals surface area contributed by atoms with Crippen LogP contribution in [-0.4, -0.2) is 35.4 Å². The first-order valence-corrected chi connectivity index (χ1v) is 8.24. The molecule has 0 aliphatic rings. The second-order valence-corrected chi connectivity index (χ2v) is 6.62. The van der Waals surface area contributed by atoms with E-state index in [1.165, 1.54) is 4.90 Å². The van der Waals surface area contributed by atoms with E-state index in [2.05, 4.69) is 9.97 Å². The average molecular weight is 343 g/mol.